The summed E-state index contributed by atoms with van der Waals surface area (Å²) in [6.45, 7) is 2.11. The van der Waals surface area contributed by atoms with Crippen LogP contribution < -0.4 is 5.32 Å². The van der Waals surface area contributed by atoms with Crippen LogP contribution in [0.1, 0.15) is 13.3 Å². The quantitative estimate of drug-likeness (QED) is 0.830. The van der Waals surface area contributed by atoms with Gasteiger partial charge in [-0.15, -0.1) is 11.3 Å². The van der Waals surface area contributed by atoms with Crippen LogP contribution in [0.2, 0.25) is 0 Å². The van der Waals surface area contributed by atoms with E-state index in [9.17, 15) is 0 Å². The number of anilines is 1. The van der Waals surface area contributed by atoms with Crippen LogP contribution in [0, 0.1) is 0 Å². The van der Waals surface area contributed by atoms with Gasteiger partial charge in [-0.1, -0.05) is 6.92 Å². The third-order valence-corrected chi connectivity index (χ3v) is 3.09. The molecule has 15 heavy (non-hydrogen) atoms. The maximum absolute atomic E-state index is 9.04. The summed E-state index contributed by atoms with van der Waals surface area (Å²) in [6.07, 6.45) is 2.65. The first-order valence-electron chi connectivity index (χ1n) is 4.91. The fourth-order valence-electron chi connectivity index (χ4n) is 1.29. The summed E-state index contributed by atoms with van der Waals surface area (Å²) in [5.41, 5.74) is 0.949. The zero-order chi connectivity index (χ0) is 10.7. The SMILES string of the molecule is CCC(CO)Nc1ncc2sccc2n1. The highest BCUT2D eigenvalue weighted by atomic mass is 32.1. The number of fused-ring (bicyclic) bond motifs is 1. The van der Waals surface area contributed by atoms with Gasteiger partial charge in [0, 0.05) is 0 Å². The second-order valence-electron chi connectivity index (χ2n) is 3.30. The number of hydrogen-bond acceptors (Lipinski definition) is 5. The largest absolute Gasteiger partial charge is 0.394 e. The summed E-state index contributed by atoms with van der Waals surface area (Å²) in [6, 6.07) is 1.99. The van der Waals surface area contributed by atoms with Crippen LogP contribution in [0.4, 0.5) is 5.95 Å². The minimum absolute atomic E-state index is 0.0288. The number of aliphatic hydroxyl groups excluding tert-OH is 1. The molecular formula is C10H13N3OS. The second kappa shape index (κ2) is 4.55. The van der Waals surface area contributed by atoms with Crippen molar-refractivity contribution in [3.05, 3.63) is 17.6 Å². The predicted molar refractivity (Wildman–Crippen MR) is 62.2 cm³/mol. The summed E-state index contributed by atoms with van der Waals surface area (Å²) < 4.78 is 1.08. The molecule has 2 N–H and O–H groups in total. The first-order valence-corrected chi connectivity index (χ1v) is 5.79. The highest BCUT2D eigenvalue weighted by Gasteiger charge is 2.06. The van der Waals surface area contributed by atoms with Gasteiger partial charge < -0.3 is 10.4 Å². The second-order valence-corrected chi connectivity index (χ2v) is 4.24. The highest BCUT2D eigenvalue weighted by Crippen LogP contribution is 2.18. The van der Waals surface area contributed by atoms with Crippen molar-refractivity contribution in [1.29, 1.82) is 0 Å². The van der Waals surface area contributed by atoms with E-state index in [2.05, 4.69) is 15.3 Å². The zero-order valence-electron chi connectivity index (χ0n) is 8.47. The Morgan fingerprint density at radius 3 is 3.20 bits per heavy atom. The van der Waals surface area contributed by atoms with Crippen LogP contribution in [0.15, 0.2) is 17.6 Å². The number of nitrogens with one attached hydrogen (secondary N) is 1. The number of hydrogen-bond donors (Lipinski definition) is 2. The summed E-state index contributed by atoms with van der Waals surface area (Å²) in [4.78, 5) is 8.54. The molecule has 0 fully saturated rings. The minimum atomic E-state index is 0.0288. The average Bonchev–Trinajstić information content (AvgIpc) is 2.73. The lowest BCUT2D eigenvalue weighted by molar-refractivity contribution is 0.271. The molecule has 0 bridgehead atoms. The van der Waals surface area contributed by atoms with Crippen LogP contribution in [0.25, 0.3) is 10.2 Å². The Labute approximate surface area is 92.0 Å². The lowest BCUT2D eigenvalue weighted by atomic mass is 10.2. The van der Waals surface area contributed by atoms with Gasteiger partial charge in [-0.2, -0.15) is 0 Å². The lowest BCUT2D eigenvalue weighted by Gasteiger charge is -2.13. The molecule has 0 radical (unpaired) electrons. The first kappa shape index (κ1) is 10.3. The molecule has 0 amide bonds. The molecular weight excluding hydrogens is 210 g/mol. The first-order chi connectivity index (χ1) is 7.33. The Hall–Kier alpha value is -1.20. The molecule has 2 rings (SSSR count). The molecule has 4 nitrogen and oxygen atoms in total. The lowest BCUT2D eigenvalue weighted by Crippen LogP contribution is -2.23. The smallest absolute Gasteiger partial charge is 0.223 e. The summed E-state index contributed by atoms with van der Waals surface area (Å²) in [5.74, 6) is 0.585. The van der Waals surface area contributed by atoms with Gasteiger partial charge >= 0.3 is 0 Å². The van der Waals surface area contributed by atoms with E-state index < -0.39 is 0 Å². The summed E-state index contributed by atoms with van der Waals surface area (Å²) in [5, 5.41) is 14.1. The van der Waals surface area contributed by atoms with Crippen LogP contribution in [0.3, 0.4) is 0 Å². The minimum Gasteiger partial charge on any atom is -0.394 e. The molecule has 5 heteroatoms. The maximum Gasteiger partial charge on any atom is 0.223 e. The molecule has 0 saturated carbocycles. The van der Waals surface area contributed by atoms with Gasteiger partial charge in [0.05, 0.1) is 29.1 Å². The molecule has 1 unspecified atom stereocenters. The van der Waals surface area contributed by atoms with Crippen molar-refractivity contribution in [3.8, 4) is 0 Å². The van der Waals surface area contributed by atoms with Gasteiger partial charge in [-0.3, -0.25) is 0 Å². The van der Waals surface area contributed by atoms with E-state index in [1.165, 1.54) is 0 Å². The Bertz CT molecular complexity index is 439. The van der Waals surface area contributed by atoms with Crippen LogP contribution in [-0.4, -0.2) is 27.7 Å². The third kappa shape index (κ3) is 2.24. The van der Waals surface area contributed by atoms with Gasteiger partial charge in [0.25, 0.3) is 0 Å². The maximum atomic E-state index is 9.04. The molecule has 0 aliphatic carbocycles. The molecule has 1 atom stereocenters. The number of aromatic nitrogens is 2. The molecule has 2 heterocycles. The molecule has 0 spiro atoms. The molecule has 0 aliphatic heterocycles. The number of nitrogens with zero attached hydrogens (tertiary/aromatic N) is 2. The van der Waals surface area contributed by atoms with Crippen LogP contribution in [0.5, 0.6) is 0 Å². The molecule has 2 aromatic heterocycles. The number of aliphatic hydroxyl groups is 1. The normalized spacial score (nSPS) is 12.9. The van der Waals surface area contributed by atoms with Crippen molar-refractivity contribution < 1.29 is 5.11 Å². The van der Waals surface area contributed by atoms with Crippen molar-refractivity contribution in [1.82, 2.24) is 9.97 Å². The third-order valence-electron chi connectivity index (χ3n) is 2.25. The summed E-state index contributed by atoms with van der Waals surface area (Å²) in [7, 11) is 0. The Morgan fingerprint density at radius 2 is 2.47 bits per heavy atom. The Kier molecular flexibility index (Phi) is 3.13. The van der Waals surface area contributed by atoms with Crippen molar-refractivity contribution in [3.63, 3.8) is 0 Å². The van der Waals surface area contributed by atoms with E-state index in [0.29, 0.717) is 5.95 Å². The van der Waals surface area contributed by atoms with Gasteiger partial charge in [-0.25, -0.2) is 9.97 Å². The van der Waals surface area contributed by atoms with Gasteiger partial charge in [-0.05, 0) is 17.9 Å². The molecule has 0 aliphatic rings. The topological polar surface area (TPSA) is 58.0 Å². The van der Waals surface area contributed by atoms with E-state index in [4.69, 9.17) is 5.11 Å². The average molecular weight is 223 g/mol. The predicted octanol–water partition coefficient (Wildman–Crippen LogP) is 1.87. The molecule has 0 saturated heterocycles. The van der Waals surface area contributed by atoms with Crippen molar-refractivity contribution in [2.24, 2.45) is 0 Å². The van der Waals surface area contributed by atoms with E-state index in [0.717, 1.165) is 16.6 Å². The molecule has 80 valence electrons. The van der Waals surface area contributed by atoms with Crippen molar-refractivity contribution in [2.75, 3.05) is 11.9 Å². The zero-order valence-corrected chi connectivity index (χ0v) is 9.29. The van der Waals surface area contributed by atoms with E-state index in [1.54, 1.807) is 17.5 Å². The van der Waals surface area contributed by atoms with Crippen LogP contribution >= 0.6 is 11.3 Å². The monoisotopic (exact) mass is 223 g/mol. The molecule has 2 aromatic rings. The van der Waals surface area contributed by atoms with Gasteiger partial charge in [0.1, 0.15) is 0 Å². The fraction of sp³-hybridized carbons (Fsp3) is 0.400. The molecule has 0 aromatic carbocycles. The standard InChI is InChI=1S/C10H13N3OS/c1-2-7(6-14)12-10-11-5-9-8(13-10)3-4-15-9/h3-5,7,14H,2,6H2,1H3,(H,11,12,13). The fourth-order valence-corrected chi connectivity index (χ4v) is 1.99. The van der Waals surface area contributed by atoms with E-state index in [1.807, 2.05) is 18.4 Å². The summed E-state index contributed by atoms with van der Waals surface area (Å²) >= 11 is 1.62. The van der Waals surface area contributed by atoms with Gasteiger partial charge in [0.15, 0.2) is 0 Å². The van der Waals surface area contributed by atoms with E-state index in [-0.39, 0.29) is 12.6 Å². The number of rotatable bonds is 4. The van der Waals surface area contributed by atoms with Crippen molar-refractivity contribution >= 4 is 27.5 Å². The van der Waals surface area contributed by atoms with Crippen molar-refractivity contribution in [2.45, 2.75) is 19.4 Å². The van der Waals surface area contributed by atoms with E-state index >= 15 is 0 Å². The van der Waals surface area contributed by atoms with Gasteiger partial charge in [0.2, 0.25) is 5.95 Å². The highest BCUT2D eigenvalue weighted by molar-refractivity contribution is 7.17. The Morgan fingerprint density at radius 1 is 1.60 bits per heavy atom. The number of thiophene rings is 1. The van der Waals surface area contributed by atoms with Crippen LogP contribution in [-0.2, 0) is 0 Å². The Balaban J connectivity index is 2.20.